The molecule has 1 aliphatic carbocycles. The lowest BCUT2D eigenvalue weighted by Gasteiger charge is -2.39. The van der Waals surface area contributed by atoms with Crippen LogP contribution in [0.25, 0.3) is 0 Å². The first kappa shape index (κ1) is 25.8. The van der Waals surface area contributed by atoms with Crippen molar-refractivity contribution in [2.45, 2.75) is 44.8 Å². The maximum atomic E-state index is 14.8. The molecule has 0 saturated carbocycles. The highest BCUT2D eigenvalue weighted by Crippen LogP contribution is 2.39. The second-order valence-electron chi connectivity index (χ2n) is 10.8. The van der Waals surface area contributed by atoms with E-state index in [4.69, 9.17) is 11.6 Å². The molecule has 0 bridgehead atoms. The summed E-state index contributed by atoms with van der Waals surface area (Å²) >= 11 is 6.78. The first-order chi connectivity index (χ1) is 19.0. The summed E-state index contributed by atoms with van der Waals surface area (Å²) in [4.78, 5) is 18.4. The van der Waals surface area contributed by atoms with Crippen molar-refractivity contribution in [3.63, 3.8) is 0 Å². The molecule has 1 aliphatic heterocycles. The predicted octanol–water partition coefficient (Wildman–Crippen LogP) is 6.93. The van der Waals surface area contributed by atoms with Gasteiger partial charge in [-0.25, -0.2) is 4.39 Å². The van der Waals surface area contributed by atoms with Gasteiger partial charge in [0.2, 0.25) is 5.91 Å². The van der Waals surface area contributed by atoms with Crippen molar-refractivity contribution in [1.82, 2.24) is 9.80 Å². The van der Waals surface area contributed by atoms with Gasteiger partial charge >= 0.3 is 0 Å². The van der Waals surface area contributed by atoms with Crippen molar-refractivity contribution in [2.75, 3.05) is 13.1 Å². The number of hydrogen-bond acceptors (Lipinski definition) is 2. The van der Waals surface area contributed by atoms with Crippen molar-refractivity contribution in [3.8, 4) is 0 Å². The van der Waals surface area contributed by atoms with Crippen LogP contribution in [0.4, 0.5) is 4.39 Å². The lowest BCUT2D eigenvalue weighted by atomic mass is 9.87. The molecule has 198 valence electrons. The van der Waals surface area contributed by atoms with Gasteiger partial charge in [-0.2, -0.15) is 0 Å². The van der Waals surface area contributed by atoms with Crippen molar-refractivity contribution < 1.29 is 9.18 Å². The van der Waals surface area contributed by atoms with Gasteiger partial charge in [0.1, 0.15) is 5.82 Å². The maximum absolute atomic E-state index is 14.8. The highest BCUT2D eigenvalue weighted by molar-refractivity contribution is 6.31. The average Bonchev–Trinajstić information content (AvgIpc) is 3.38. The van der Waals surface area contributed by atoms with E-state index in [0.717, 1.165) is 36.9 Å². The Labute approximate surface area is 234 Å². The van der Waals surface area contributed by atoms with Crippen LogP contribution in [0, 0.1) is 12.7 Å². The number of hydrogen-bond donors (Lipinski definition) is 0. The normalized spacial score (nSPS) is 17.1. The second-order valence-corrected chi connectivity index (χ2v) is 11.2. The van der Waals surface area contributed by atoms with Crippen LogP contribution < -0.4 is 0 Å². The lowest BCUT2D eigenvalue weighted by Crippen LogP contribution is -2.48. The van der Waals surface area contributed by atoms with Crippen LogP contribution in [0.3, 0.4) is 0 Å². The number of aryl methyl sites for hydroxylation is 1. The zero-order chi connectivity index (χ0) is 26.9. The molecule has 3 nitrogen and oxygen atoms in total. The molecule has 0 saturated heterocycles. The van der Waals surface area contributed by atoms with Gasteiger partial charge in [0.05, 0.1) is 12.6 Å². The molecule has 1 unspecified atom stereocenters. The number of halogens is 2. The minimum atomic E-state index is -0.276. The number of rotatable bonds is 6. The molecule has 4 aromatic carbocycles. The Morgan fingerprint density at radius 2 is 1.56 bits per heavy atom. The summed E-state index contributed by atoms with van der Waals surface area (Å²) in [5, 5.41) is 0.703. The van der Waals surface area contributed by atoms with E-state index >= 15 is 0 Å². The number of fused-ring (bicyclic) bond motifs is 2. The van der Waals surface area contributed by atoms with Crippen LogP contribution >= 0.6 is 11.6 Å². The van der Waals surface area contributed by atoms with Crippen molar-refractivity contribution >= 4 is 17.5 Å². The van der Waals surface area contributed by atoms with Crippen molar-refractivity contribution in [1.29, 1.82) is 0 Å². The minimum absolute atomic E-state index is 0.00686. The molecule has 0 radical (unpaired) electrons. The summed E-state index contributed by atoms with van der Waals surface area (Å²) in [6.45, 7) is 3.31. The van der Waals surface area contributed by atoms with E-state index in [-0.39, 0.29) is 36.9 Å². The molecule has 0 aromatic heterocycles. The molecule has 5 heteroatoms. The van der Waals surface area contributed by atoms with E-state index in [9.17, 15) is 9.18 Å². The van der Waals surface area contributed by atoms with Gasteiger partial charge in [-0.3, -0.25) is 9.69 Å². The van der Waals surface area contributed by atoms with Crippen LogP contribution in [-0.4, -0.2) is 34.8 Å². The number of nitrogens with zero attached hydrogens (tertiary/aromatic N) is 2. The SMILES string of the molecule is Cc1ccc(Cl)c(C2c3ccccc3CCN2CC(=O)N(Cc2ccccc2F)C2Cc3ccccc3C2)c1. The number of carbonyl (C=O) groups excluding carboxylic acids is 1. The standard InChI is InChI=1S/C34H32ClFN2O/c1-23-14-15-31(35)30(18-23)34-29-12-6-4-8-24(29)16-17-37(34)22-33(39)38(21-27-11-5-7-13-32(27)36)28-19-25-9-2-3-10-26(25)20-28/h2-15,18,28,34H,16-17,19-22H2,1H3. The third kappa shape index (κ3) is 5.24. The summed E-state index contributed by atoms with van der Waals surface area (Å²) in [5.41, 5.74) is 7.72. The Morgan fingerprint density at radius 3 is 2.31 bits per heavy atom. The fraction of sp³-hybridized carbons (Fsp3) is 0.265. The van der Waals surface area contributed by atoms with Crippen molar-refractivity contribution in [3.05, 3.63) is 141 Å². The Kier molecular flexibility index (Phi) is 7.24. The summed E-state index contributed by atoms with van der Waals surface area (Å²) in [6, 6.07) is 29.6. The molecule has 1 heterocycles. The highest BCUT2D eigenvalue weighted by Gasteiger charge is 2.35. The summed E-state index contributed by atoms with van der Waals surface area (Å²) < 4.78 is 14.8. The number of amides is 1. The molecule has 2 aliphatic rings. The fourth-order valence-electron chi connectivity index (χ4n) is 6.28. The first-order valence-corrected chi connectivity index (χ1v) is 14.0. The predicted molar refractivity (Wildman–Crippen MR) is 154 cm³/mol. The number of carbonyl (C=O) groups is 1. The van der Waals surface area contributed by atoms with Gasteiger partial charge in [-0.1, -0.05) is 96.0 Å². The van der Waals surface area contributed by atoms with E-state index in [1.54, 1.807) is 12.1 Å². The Bertz CT molecular complexity index is 1490. The second kappa shape index (κ2) is 11.0. The van der Waals surface area contributed by atoms with E-state index in [1.165, 1.54) is 28.3 Å². The minimum Gasteiger partial charge on any atom is -0.333 e. The zero-order valence-corrected chi connectivity index (χ0v) is 22.9. The van der Waals surface area contributed by atoms with Gasteiger partial charge in [-0.15, -0.1) is 0 Å². The van der Waals surface area contributed by atoms with Gasteiger partial charge < -0.3 is 4.90 Å². The smallest absolute Gasteiger partial charge is 0.237 e. The molecule has 4 aromatic rings. The van der Waals surface area contributed by atoms with E-state index in [0.29, 0.717) is 10.6 Å². The quantitative estimate of drug-likeness (QED) is 0.266. The molecule has 6 rings (SSSR count). The van der Waals surface area contributed by atoms with E-state index < -0.39 is 0 Å². The molecule has 0 N–H and O–H groups in total. The van der Waals surface area contributed by atoms with Crippen LogP contribution in [-0.2, 0) is 30.6 Å². The molecule has 0 spiro atoms. The van der Waals surface area contributed by atoms with Crippen LogP contribution in [0.15, 0.2) is 91.0 Å². The average molecular weight is 539 g/mol. The fourth-order valence-corrected chi connectivity index (χ4v) is 6.50. The van der Waals surface area contributed by atoms with Crippen LogP contribution in [0.1, 0.15) is 45.0 Å². The van der Waals surface area contributed by atoms with Gasteiger partial charge in [-0.05, 0) is 66.1 Å². The van der Waals surface area contributed by atoms with E-state index in [1.807, 2.05) is 35.2 Å². The van der Waals surface area contributed by atoms with Crippen LogP contribution in [0.5, 0.6) is 0 Å². The molecule has 1 atom stereocenters. The van der Waals surface area contributed by atoms with E-state index in [2.05, 4.69) is 54.3 Å². The molecule has 0 fully saturated rings. The highest BCUT2D eigenvalue weighted by atomic mass is 35.5. The van der Waals surface area contributed by atoms with Crippen molar-refractivity contribution in [2.24, 2.45) is 0 Å². The first-order valence-electron chi connectivity index (χ1n) is 13.7. The summed E-state index contributed by atoms with van der Waals surface area (Å²) in [7, 11) is 0. The van der Waals surface area contributed by atoms with Crippen LogP contribution in [0.2, 0.25) is 5.02 Å². The monoisotopic (exact) mass is 538 g/mol. The molecule has 39 heavy (non-hydrogen) atoms. The zero-order valence-electron chi connectivity index (χ0n) is 22.1. The topological polar surface area (TPSA) is 23.6 Å². The Balaban J connectivity index is 1.34. The molecular weight excluding hydrogens is 507 g/mol. The molecular formula is C34H32ClFN2O. The summed E-state index contributed by atoms with van der Waals surface area (Å²) in [5.74, 6) is -0.258. The van der Waals surface area contributed by atoms with Gasteiger partial charge in [0, 0.05) is 29.7 Å². The largest absolute Gasteiger partial charge is 0.333 e. The van der Waals surface area contributed by atoms with Gasteiger partial charge in [0.15, 0.2) is 0 Å². The Hall–Kier alpha value is -3.47. The third-order valence-electron chi connectivity index (χ3n) is 8.26. The Morgan fingerprint density at radius 1 is 0.897 bits per heavy atom. The third-order valence-corrected chi connectivity index (χ3v) is 8.60. The summed E-state index contributed by atoms with van der Waals surface area (Å²) in [6.07, 6.45) is 2.43. The lowest BCUT2D eigenvalue weighted by molar-refractivity contribution is -0.136. The maximum Gasteiger partial charge on any atom is 0.237 e. The van der Waals surface area contributed by atoms with Gasteiger partial charge in [0.25, 0.3) is 0 Å². The molecule has 1 amide bonds. The number of benzene rings is 4.